The van der Waals surface area contributed by atoms with Gasteiger partial charge in [0, 0.05) is 5.69 Å². The van der Waals surface area contributed by atoms with Crippen LogP contribution in [0.15, 0.2) is 41.2 Å². The lowest BCUT2D eigenvalue weighted by molar-refractivity contribution is -0.139. The number of carbonyl (C=O) groups is 2. The van der Waals surface area contributed by atoms with Crippen molar-refractivity contribution < 1.29 is 14.7 Å². The van der Waals surface area contributed by atoms with Crippen molar-refractivity contribution in [1.29, 1.82) is 0 Å². The van der Waals surface area contributed by atoms with Crippen LogP contribution in [0.4, 0.5) is 0 Å². The van der Waals surface area contributed by atoms with Crippen molar-refractivity contribution in [2.45, 2.75) is 38.1 Å². The van der Waals surface area contributed by atoms with Gasteiger partial charge in [-0.2, -0.15) is 0 Å². The van der Waals surface area contributed by atoms with E-state index in [-0.39, 0.29) is 5.56 Å². The Morgan fingerprint density at radius 3 is 2.52 bits per heavy atom. The number of fused-ring (bicyclic) bond motifs is 1. The number of carboxylic acids is 1. The number of carboxylic acid groups (broad SMARTS) is 1. The SMILES string of the molecule is O=C(N[C@@H](C(=O)O)c1ccccc1)c1cc2c([nH]c1=O)CCCCC2. The van der Waals surface area contributed by atoms with Crippen molar-refractivity contribution >= 4 is 11.9 Å². The van der Waals surface area contributed by atoms with Crippen molar-refractivity contribution in [3.63, 3.8) is 0 Å². The molecular weight excluding hydrogens is 320 g/mol. The first-order chi connectivity index (χ1) is 12.1. The molecule has 0 unspecified atom stereocenters. The number of aryl methyl sites for hydroxylation is 2. The topological polar surface area (TPSA) is 99.3 Å². The summed E-state index contributed by atoms with van der Waals surface area (Å²) in [5.41, 5.74) is 1.79. The maximum absolute atomic E-state index is 12.5. The summed E-state index contributed by atoms with van der Waals surface area (Å²) in [5, 5.41) is 11.9. The molecule has 1 aromatic heterocycles. The highest BCUT2D eigenvalue weighted by Crippen LogP contribution is 2.19. The van der Waals surface area contributed by atoms with E-state index in [4.69, 9.17) is 0 Å². The number of hydrogen-bond acceptors (Lipinski definition) is 3. The Bertz CT molecular complexity index is 842. The number of aliphatic carboxylic acids is 1. The van der Waals surface area contributed by atoms with Crippen LogP contribution < -0.4 is 10.9 Å². The molecule has 3 rings (SSSR count). The van der Waals surface area contributed by atoms with Crippen molar-refractivity contribution in [2.24, 2.45) is 0 Å². The van der Waals surface area contributed by atoms with Crippen LogP contribution in [-0.2, 0) is 17.6 Å². The van der Waals surface area contributed by atoms with Gasteiger partial charge in [0.1, 0.15) is 5.56 Å². The second-order valence-electron chi connectivity index (χ2n) is 6.23. The highest BCUT2D eigenvalue weighted by Gasteiger charge is 2.24. The summed E-state index contributed by atoms with van der Waals surface area (Å²) in [5.74, 6) is -1.85. The average molecular weight is 340 g/mol. The standard InChI is InChI=1S/C19H20N2O4/c22-17-14(11-13-9-5-2-6-10-15(13)20-17)18(23)21-16(19(24)25)12-7-3-1-4-8-12/h1,3-4,7-8,11,16H,2,5-6,9-10H2,(H,20,22)(H,21,23)(H,24,25)/t16-/m1/s1. The second-order valence-corrected chi connectivity index (χ2v) is 6.23. The summed E-state index contributed by atoms with van der Waals surface area (Å²) in [7, 11) is 0. The molecule has 1 atom stereocenters. The van der Waals surface area contributed by atoms with Gasteiger partial charge in [0.2, 0.25) is 0 Å². The van der Waals surface area contributed by atoms with Gasteiger partial charge in [-0.1, -0.05) is 36.8 Å². The van der Waals surface area contributed by atoms with E-state index in [1.807, 2.05) is 0 Å². The maximum Gasteiger partial charge on any atom is 0.330 e. The minimum Gasteiger partial charge on any atom is -0.479 e. The number of H-pyrrole nitrogens is 1. The molecule has 6 nitrogen and oxygen atoms in total. The van der Waals surface area contributed by atoms with Gasteiger partial charge < -0.3 is 15.4 Å². The monoisotopic (exact) mass is 340 g/mol. The molecule has 1 aliphatic carbocycles. The third-order valence-corrected chi connectivity index (χ3v) is 4.49. The smallest absolute Gasteiger partial charge is 0.330 e. The number of amides is 1. The molecular formula is C19H20N2O4. The van der Waals surface area contributed by atoms with Crippen molar-refractivity contribution in [3.8, 4) is 0 Å². The van der Waals surface area contributed by atoms with Gasteiger partial charge in [-0.05, 0) is 42.9 Å². The minimum absolute atomic E-state index is 0.0390. The number of aromatic amines is 1. The molecule has 0 radical (unpaired) electrons. The summed E-state index contributed by atoms with van der Waals surface area (Å²) in [6.07, 6.45) is 4.74. The Hall–Kier alpha value is -2.89. The molecule has 0 spiro atoms. The van der Waals surface area contributed by atoms with Gasteiger partial charge in [0.05, 0.1) is 0 Å². The van der Waals surface area contributed by atoms with E-state index in [1.165, 1.54) is 0 Å². The zero-order valence-corrected chi connectivity index (χ0v) is 13.7. The lowest BCUT2D eigenvalue weighted by Gasteiger charge is -2.15. The van der Waals surface area contributed by atoms with Crippen LogP contribution >= 0.6 is 0 Å². The van der Waals surface area contributed by atoms with E-state index < -0.39 is 23.5 Å². The Balaban J connectivity index is 1.89. The van der Waals surface area contributed by atoms with E-state index in [0.29, 0.717) is 5.56 Å². The lowest BCUT2D eigenvalue weighted by atomic mass is 10.0. The molecule has 1 aliphatic rings. The van der Waals surface area contributed by atoms with Crippen LogP contribution in [0.2, 0.25) is 0 Å². The Morgan fingerprint density at radius 1 is 1.08 bits per heavy atom. The third-order valence-electron chi connectivity index (χ3n) is 4.49. The largest absolute Gasteiger partial charge is 0.479 e. The molecule has 0 bridgehead atoms. The zero-order chi connectivity index (χ0) is 17.8. The van der Waals surface area contributed by atoms with Gasteiger partial charge in [0.25, 0.3) is 11.5 Å². The van der Waals surface area contributed by atoms with Crippen LogP contribution in [0, 0.1) is 0 Å². The number of benzene rings is 1. The van der Waals surface area contributed by atoms with Crippen molar-refractivity contribution in [3.05, 3.63) is 69.1 Å². The minimum atomic E-state index is -1.20. The lowest BCUT2D eigenvalue weighted by Crippen LogP contribution is -2.37. The third kappa shape index (κ3) is 3.79. The quantitative estimate of drug-likeness (QED) is 0.743. The summed E-state index contributed by atoms with van der Waals surface area (Å²) in [4.78, 5) is 39.1. The molecule has 1 aromatic carbocycles. The summed E-state index contributed by atoms with van der Waals surface area (Å²) in [6.45, 7) is 0. The fraction of sp³-hybridized carbons (Fsp3) is 0.316. The molecule has 1 amide bonds. The number of hydrogen-bond donors (Lipinski definition) is 3. The Labute approximate surface area is 144 Å². The van der Waals surface area contributed by atoms with E-state index in [0.717, 1.165) is 43.4 Å². The molecule has 25 heavy (non-hydrogen) atoms. The molecule has 1 heterocycles. The van der Waals surface area contributed by atoms with Crippen LogP contribution in [0.5, 0.6) is 0 Å². The number of nitrogens with one attached hydrogen (secondary N) is 2. The number of carbonyl (C=O) groups excluding carboxylic acids is 1. The van der Waals surface area contributed by atoms with Crippen LogP contribution in [0.3, 0.4) is 0 Å². The highest BCUT2D eigenvalue weighted by atomic mass is 16.4. The Morgan fingerprint density at radius 2 is 1.80 bits per heavy atom. The first kappa shape index (κ1) is 17.0. The van der Waals surface area contributed by atoms with E-state index in [2.05, 4.69) is 10.3 Å². The number of aromatic nitrogens is 1. The normalized spacial score (nSPS) is 14.9. The summed E-state index contributed by atoms with van der Waals surface area (Å²) < 4.78 is 0. The number of rotatable bonds is 4. The fourth-order valence-electron chi connectivity index (χ4n) is 3.16. The average Bonchev–Trinajstić information content (AvgIpc) is 2.84. The zero-order valence-electron chi connectivity index (χ0n) is 13.7. The highest BCUT2D eigenvalue weighted by molar-refractivity contribution is 5.96. The van der Waals surface area contributed by atoms with Crippen LogP contribution in [0.1, 0.15) is 52.5 Å². The predicted octanol–water partition coefficient (Wildman–Crippen LogP) is 2.20. The van der Waals surface area contributed by atoms with Crippen LogP contribution in [-0.4, -0.2) is 22.0 Å². The van der Waals surface area contributed by atoms with Gasteiger partial charge in [-0.25, -0.2) is 4.79 Å². The Kier molecular flexibility index (Phi) is 4.97. The summed E-state index contributed by atoms with van der Waals surface area (Å²) in [6, 6.07) is 8.83. The van der Waals surface area contributed by atoms with Gasteiger partial charge in [-0.3, -0.25) is 9.59 Å². The molecule has 130 valence electrons. The van der Waals surface area contributed by atoms with Gasteiger partial charge in [-0.15, -0.1) is 0 Å². The van der Waals surface area contributed by atoms with E-state index in [1.54, 1.807) is 36.4 Å². The molecule has 0 aliphatic heterocycles. The summed E-state index contributed by atoms with van der Waals surface area (Å²) >= 11 is 0. The maximum atomic E-state index is 12.5. The number of pyridine rings is 1. The van der Waals surface area contributed by atoms with Crippen LogP contribution in [0.25, 0.3) is 0 Å². The first-order valence-corrected chi connectivity index (χ1v) is 8.40. The second kappa shape index (κ2) is 7.34. The van der Waals surface area contributed by atoms with Gasteiger partial charge in [0.15, 0.2) is 6.04 Å². The van der Waals surface area contributed by atoms with Crippen molar-refractivity contribution in [1.82, 2.24) is 10.3 Å². The van der Waals surface area contributed by atoms with E-state index >= 15 is 0 Å². The predicted molar refractivity (Wildman–Crippen MR) is 92.6 cm³/mol. The molecule has 0 fully saturated rings. The molecule has 3 N–H and O–H groups in total. The molecule has 6 heteroatoms. The van der Waals surface area contributed by atoms with Crippen molar-refractivity contribution in [2.75, 3.05) is 0 Å². The fourth-order valence-corrected chi connectivity index (χ4v) is 3.16. The molecule has 0 saturated heterocycles. The first-order valence-electron chi connectivity index (χ1n) is 8.40. The van der Waals surface area contributed by atoms with Gasteiger partial charge >= 0.3 is 5.97 Å². The molecule has 0 saturated carbocycles. The molecule has 2 aromatic rings. The van der Waals surface area contributed by atoms with E-state index in [9.17, 15) is 19.5 Å².